The van der Waals surface area contributed by atoms with Gasteiger partial charge in [0.05, 0.1) is 11.0 Å². The van der Waals surface area contributed by atoms with E-state index in [2.05, 4.69) is 32.6 Å². The predicted molar refractivity (Wildman–Crippen MR) is 67.1 cm³/mol. The van der Waals surface area contributed by atoms with Crippen LogP contribution in [0.1, 0.15) is 24.1 Å². The van der Waals surface area contributed by atoms with E-state index in [4.69, 9.17) is 0 Å². The van der Waals surface area contributed by atoms with Crippen molar-refractivity contribution in [3.8, 4) is 0 Å². The maximum absolute atomic E-state index is 4.58. The second-order valence-electron chi connectivity index (χ2n) is 4.67. The number of benzene rings is 1. The molecule has 0 radical (unpaired) electrons. The highest BCUT2D eigenvalue weighted by Gasteiger charge is 2.15. The summed E-state index contributed by atoms with van der Waals surface area (Å²) in [6.07, 6.45) is 6.88. The zero-order chi connectivity index (χ0) is 11.2. The largest absolute Gasteiger partial charge is 0.280 e. The van der Waals surface area contributed by atoms with Gasteiger partial charge in [0, 0.05) is 11.9 Å². The minimum atomic E-state index is 0.840. The number of imidazole rings is 1. The maximum atomic E-state index is 4.58. The van der Waals surface area contributed by atoms with Gasteiger partial charge in [0.2, 0.25) is 5.78 Å². The molecule has 2 heterocycles. The third-order valence-corrected chi connectivity index (χ3v) is 3.63. The molecule has 0 saturated carbocycles. The van der Waals surface area contributed by atoms with Crippen LogP contribution in [0, 0.1) is 0 Å². The van der Waals surface area contributed by atoms with Crippen molar-refractivity contribution < 1.29 is 0 Å². The van der Waals surface area contributed by atoms with Crippen molar-refractivity contribution in [1.29, 1.82) is 0 Å². The van der Waals surface area contributed by atoms with Gasteiger partial charge in [0.1, 0.15) is 0 Å². The predicted octanol–water partition coefficient (Wildman–Crippen LogP) is 2.76. The summed E-state index contributed by atoms with van der Waals surface area (Å²) in [7, 11) is 0. The first-order valence-corrected chi connectivity index (χ1v) is 6.17. The molecule has 17 heavy (non-hydrogen) atoms. The molecule has 4 rings (SSSR count). The number of hydrogen-bond donors (Lipinski definition) is 0. The van der Waals surface area contributed by atoms with E-state index >= 15 is 0 Å². The van der Waals surface area contributed by atoms with E-state index in [0.717, 1.165) is 24.1 Å². The van der Waals surface area contributed by atoms with Crippen molar-refractivity contribution in [2.75, 3.05) is 0 Å². The van der Waals surface area contributed by atoms with Crippen molar-refractivity contribution in [1.82, 2.24) is 14.4 Å². The van der Waals surface area contributed by atoms with Crippen LogP contribution in [0.2, 0.25) is 0 Å². The molecule has 3 nitrogen and oxygen atoms in total. The average molecular weight is 223 g/mol. The first-order valence-electron chi connectivity index (χ1n) is 6.17. The molecule has 1 aromatic carbocycles. The first-order chi connectivity index (χ1) is 8.43. The molecule has 0 bridgehead atoms. The number of aryl methyl sites for hydroxylation is 2. The molecule has 0 atom stereocenters. The standard InChI is InChI=1S/C14H13N3/c1-3-7-12-10(5-1)9-15-14-16-11-6-2-4-8-13(11)17(12)14/h2,4,6,8-9H,1,3,5,7H2. The highest BCUT2D eigenvalue weighted by Crippen LogP contribution is 2.24. The Morgan fingerprint density at radius 3 is 2.94 bits per heavy atom. The zero-order valence-corrected chi connectivity index (χ0v) is 9.56. The lowest BCUT2D eigenvalue weighted by Crippen LogP contribution is -2.09. The summed E-state index contributed by atoms with van der Waals surface area (Å²) >= 11 is 0. The van der Waals surface area contributed by atoms with Gasteiger partial charge in [0.25, 0.3) is 0 Å². The normalized spacial score (nSPS) is 15.3. The molecule has 0 saturated heterocycles. The van der Waals surface area contributed by atoms with Crippen molar-refractivity contribution >= 4 is 16.8 Å². The van der Waals surface area contributed by atoms with Crippen LogP contribution >= 0.6 is 0 Å². The Labute approximate surface area is 99.1 Å². The van der Waals surface area contributed by atoms with E-state index in [-0.39, 0.29) is 0 Å². The van der Waals surface area contributed by atoms with Gasteiger partial charge in [-0.2, -0.15) is 0 Å². The lowest BCUT2D eigenvalue weighted by atomic mass is 9.97. The lowest BCUT2D eigenvalue weighted by molar-refractivity contribution is 0.658. The highest BCUT2D eigenvalue weighted by molar-refractivity contribution is 5.79. The van der Waals surface area contributed by atoms with E-state index in [0.29, 0.717) is 0 Å². The Morgan fingerprint density at radius 1 is 1.06 bits per heavy atom. The Bertz CT molecular complexity index is 712. The zero-order valence-electron chi connectivity index (χ0n) is 9.56. The minimum absolute atomic E-state index is 0.840. The Morgan fingerprint density at radius 2 is 1.94 bits per heavy atom. The summed E-state index contributed by atoms with van der Waals surface area (Å²) < 4.78 is 2.24. The topological polar surface area (TPSA) is 30.2 Å². The highest BCUT2D eigenvalue weighted by atomic mass is 15.1. The quantitative estimate of drug-likeness (QED) is 0.586. The molecule has 3 aromatic rings. The molecule has 0 aliphatic heterocycles. The number of nitrogens with zero attached hydrogens (tertiary/aromatic N) is 3. The second kappa shape index (κ2) is 3.29. The number of hydrogen-bond acceptors (Lipinski definition) is 2. The molecular weight excluding hydrogens is 210 g/mol. The minimum Gasteiger partial charge on any atom is -0.280 e. The summed E-state index contributed by atoms with van der Waals surface area (Å²) in [6.45, 7) is 0. The third kappa shape index (κ3) is 1.22. The average Bonchev–Trinajstić information content (AvgIpc) is 2.77. The van der Waals surface area contributed by atoms with E-state index in [1.165, 1.54) is 29.6 Å². The first kappa shape index (κ1) is 9.16. The van der Waals surface area contributed by atoms with Gasteiger partial charge < -0.3 is 0 Å². The summed E-state index contributed by atoms with van der Waals surface area (Å²) in [4.78, 5) is 9.06. The van der Waals surface area contributed by atoms with Crippen LogP contribution in [-0.2, 0) is 12.8 Å². The van der Waals surface area contributed by atoms with Crippen molar-refractivity contribution in [2.45, 2.75) is 25.7 Å². The number of para-hydroxylation sites is 2. The molecule has 1 aliphatic carbocycles. The van der Waals surface area contributed by atoms with Crippen LogP contribution in [0.25, 0.3) is 16.8 Å². The van der Waals surface area contributed by atoms with Crippen molar-refractivity contribution in [3.05, 3.63) is 41.7 Å². The molecule has 0 fully saturated rings. The van der Waals surface area contributed by atoms with E-state index < -0.39 is 0 Å². The summed E-state index contributed by atoms with van der Waals surface area (Å²) in [5.41, 5.74) is 5.04. The van der Waals surface area contributed by atoms with Crippen molar-refractivity contribution in [3.63, 3.8) is 0 Å². The monoisotopic (exact) mass is 223 g/mol. The van der Waals surface area contributed by atoms with Gasteiger partial charge in [-0.25, -0.2) is 9.97 Å². The van der Waals surface area contributed by atoms with Crippen molar-refractivity contribution in [2.24, 2.45) is 0 Å². The summed E-state index contributed by atoms with van der Waals surface area (Å²) in [5.74, 6) is 0.840. The molecule has 0 N–H and O–H groups in total. The van der Waals surface area contributed by atoms with Crippen LogP contribution in [0.15, 0.2) is 30.5 Å². The maximum Gasteiger partial charge on any atom is 0.235 e. The van der Waals surface area contributed by atoms with Crippen LogP contribution < -0.4 is 0 Å². The second-order valence-corrected chi connectivity index (χ2v) is 4.67. The fourth-order valence-electron chi connectivity index (χ4n) is 2.81. The van der Waals surface area contributed by atoms with Gasteiger partial charge in [-0.3, -0.25) is 4.40 Å². The number of fused-ring (bicyclic) bond motifs is 5. The van der Waals surface area contributed by atoms with E-state index in [9.17, 15) is 0 Å². The lowest BCUT2D eigenvalue weighted by Gasteiger charge is -2.16. The molecule has 84 valence electrons. The van der Waals surface area contributed by atoms with Gasteiger partial charge in [-0.15, -0.1) is 0 Å². The Hall–Kier alpha value is -1.90. The fraction of sp³-hybridized carbons (Fsp3) is 0.286. The molecular formula is C14H13N3. The molecule has 0 amide bonds. The van der Waals surface area contributed by atoms with Crippen LogP contribution in [0.4, 0.5) is 0 Å². The summed E-state index contributed by atoms with van der Waals surface area (Å²) in [5, 5.41) is 0. The van der Waals surface area contributed by atoms with Crippen LogP contribution in [0.5, 0.6) is 0 Å². The molecule has 2 aromatic heterocycles. The van der Waals surface area contributed by atoms with Gasteiger partial charge in [0.15, 0.2) is 0 Å². The van der Waals surface area contributed by atoms with Gasteiger partial charge in [-0.1, -0.05) is 12.1 Å². The van der Waals surface area contributed by atoms with Crippen LogP contribution in [0.3, 0.4) is 0 Å². The number of rotatable bonds is 0. The fourth-order valence-corrected chi connectivity index (χ4v) is 2.81. The van der Waals surface area contributed by atoms with Gasteiger partial charge >= 0.3 is 0 Å². The molecule has 0 unspecified atom stereocenters. The van der Waals surface area contributed by atoms with E-state index in [1.807, 2.05) is 12.3 Å². The molecule has 0 spiro atoms. The van der Waals surface area contributed by atoms with Crippen LogP contribution in [-0.4, -0.2) is 14.4 Å². The Balaban J connectivity index is 2.20. The number of aromatic nitrogens is 3. The molecule has 1 aliphatic rings. The van der Waals surface area contributed by atoms with Gasteiger partial charge in [-0.05, 0) is 43.4 Å². The smallest absolute Gasteiger partial charge is 0.235 e. The summed E-state index contributed by atoms with van der Waals surface area (Å²) in [6, 6.07) is 8.28. The molecule has 3 heteroatoms. The Kier molecular flexibility index (Phi) is 1.78. The van der Waals surface area contributed by atoms with E-state index in [1.54, 1.807) is 0 Å². The third-order valence-electron chi connectivity index (χ3n) is 3.63. The SMILES string of the molecule is c1ccc2c(c1)nc1ncc3c(n12)CCCC3.